The zero-order chi connectivity index (χ0) is 14.5. The molecule has 0 aliphatic rings. The van der Waals surface area contributed by atoms with Crippen LogP contribution < -0.4 is 9.47 Å². The standard InChI is InChI=1S/C16H17ClO3/c1-19-14-5-3-4-11(9-14)15(18)10-12-8-13(17)6-7-16(12)20-2/h3-9,15,18H,10H2,1-2H3. The Kier molecular flexibility index (Phi) is 4.88. The lowest BCUT2D eigenvalue weighted by molar-refractivity contribution is 0.177. The van der Waals surface area contributed by atoms with Crippen LogP contribution in [0.15, 0.2) is 42.5 Å². The molecule has 2 aromatic rings. The SMILES string of the molecule is COc1cccc(C(O)Cc2cc(Cl)ccc2OC)c1. The minimum absolute atomic E-state index is 0.427. The first kappa shape index (κ1) is 14.7. The quantitative estimate of drug-likeness (QED) is 0.914. The van der Waals surface area contributed by atoms with Crippen molar-refractivity contribution in [2.75, 3.05) is 14.2 Å². The van der Waals surface area contributed by atoms with Crippen LogP contribution in [0.1, 0.15) is 17.2 Å². The third-order valence-corrected chi connectivity index (χ3v) is 3.37. The predicted octanol–water partition coefficient (Wildman–Crippen LogP) is 3.63. The largest absolute Gasteiger partial charge is 0.497 e. The van der Waals surface area contributed by atoms with E-state index < -0.39 is 6.10 Å². The molecule has 0 saturated carbocycles. The molecule has 0 fully saturated rings. The maximum absolute atomic E-state index is 10.4. The van der Waals surface area contributed by atoms with E-state index in [2.05, 4.69) is 0 Å². The van der Waals surface area contributed by atoms with E-state index in [1.54, 1.807) is 26.4 Å². The molecular weight excluding hydrogens is 276 g/mol. The summed E-state index contributed by atoms with van der Waals surface area (Å²) in [6, 6.07) is 12.8. The van der Waals surface area contributed by atoms with Crippen molar-refractivity contribution in [3.63, 3.8) is 0 Å². The van der Waals surface area contributed by atoms with Gasteiger partial charge in [0.1, 0.15) is 11.5 Å². The predicted molar refractivity (Wildman–Crippen MR) is 79.7 cm³/mol. The fraction of sp³-hybridized carbons (Fsp3) is 0.250. The molecule has 0 aliphatic carbocycles. The fourth-order valence-corrected chi connectivity index (χ4v) is 2.28. The van der Waals surface area contributed by atoms with Crippen LogP contribution in [-0.2, 0) is 6.42 Å². The number of methoxy groups -OCH3 is 2. The minimum Gasteiger partial charge on any atom is -0.497 e. The molecule has 0 spiro atoms. The summed E-state index contributed by atoms with van der Waals surface area (Å²) in [6.45, 7) is 0. The van der Waals surface area contributed by atoms with Crippen molar-refractivity contribution in [1.29, 1.82) is 0 Å². The van der Waals surface area contributed by atoms with E-state index in [4.69, 9.17) is 21.1 Å². The molecule has 106 valence electrons. The highest BCUT2D eigenvalue weighted by Crippen LogP contribution is 2.28. The Labute approximate surface area is 123 Å². The lowest BCUT2D eigenvalue weighted by atomic mass is 10.0. The number of hydrogen-bond acceptors (Lipinski definition) is 3. The number of aliphatic hydroxyl groups excluding tert-OH is 1. The molecule has 2 aromatic carbocycles. The van der Waals surface area contributed by atoms with E-state index in [0.717, 1.165) is 22.6 Å². The normalized spacial score (nSPS) is 12.0. The first-order chi connectivity index (χ1) is 9.63. The second-order valence-corrected chi connectivity index (χ2v) is 4.89. The van der Waals surface area contributed by atoms with Crippen molar-refractivity contribution in [3.05, 3.63) is 58.6 Å². The zero-order valence-corrected chi connectivity index (χ0v) is 12.2. The van der Waals surface area contributed by atoms with Gasteiger partial charge < -0.3 is 14.6 Å². The Bertz CT molecular complexity index is 584. The number of rotatable bonds is 5. The lowest BCUT2D eigenvalue weighted by Crippen LogP contribution is -2.03. The maximum atomic E-state index is 10.4. The van der Waals surface area contributed by atoms with Crippen LogP contribution in [-0.4, -0.2) is 19.3 Å². The molecule has 0 radical (unpaired) electrons. The van der Waals surface area contributed by atoms with Gasteiger partial charge in [-0.1, -0.05) is 23.7 Å². The van der Waals surface area contributed by atoms with Gasteiger partial charge in [0.15, 0.2) is 0 Å². The fourth-order valence-electron chi connectivity index (χ4n) is 2.08. The van der Waals surface area contributed by atoms with Gasteiger partial charge in [-0.3, -0.25) is 0 Å². The van der Waals surface area contributed by atoms with Crippen LogP contribution in [0.3, 0.4) is 0 Å². The molecule has 4 heteroatoms. The minimum atomic E-state index is -0.641. The third-order valence-electron chi connectivity index (χ3n) is 3.13. The number of ether oxygens (including phenoxy) is 2. The van der Waals surface area contributed by atoms with E-state index >= 15 is 0 Å². The van der Waals surface area contributed by atoms with Gasteiger partial charge in [0.05, 0.1) is 20.3 Å². The first-order valence-electron chi connectivity index (χ1n) is 6.28. The Morgan fingerprint density at radius 3 is 2.60 bits per heavy atom. The molecule has 3 nitrogen and oxygen atoms in total. The summed E-state index contributed by atoms with van der Waals surface area (Å²) in [5, 5.41) is 11.0. The molecule has 1 atom stereocenters. The van der Waals surface area contributed by atoms with Gasteiger partial charge in [-0.2, -0.15) is 0 Å². The van der Waals surface area contributed by atoms with Crippen molar-refractivity contribution in [2.24, 2.45) is 0 Å². The molecule has 0 aliphatic heterocycles. The molecule has 0 aromatic heterocycles. The number of hydrogen-bond donors (Lipinski definition) is 1. The highest BCUT2D eigenvalue weighted by atomic mass is 35.5. The van der Waals surface area contributed by atoms with Crippen molar-refractivity contribution in [2.45, 2.75) is 12.5 Å². The number of aliphatic hydroxyl groups is 1. The summed E-state index contributed by atoms with van der Waals surface area (Å²) < 4.78 is 10.4. The monoisotopic (exact) mass is 292 g/mol. The molecule has 0 amide bonds. The number of halogens is 1. The van der Waals surface area contributed by atoms with E-state index in [-0.39, 0.29) is 0 Å². The molecule has 1 unspecified atom stereocenters. The zero-order valence-electron chi connectivity index (χ0n) is 11.5. The smallest absolute Gasteiger partial charge is 0.122 e. The summed E-state index contributed by atoms with van der Waals surface area (Å²) >= 11 is 5.99. The van der Waals surface area contributed by atoms with E-state index in [1.807, 2.05) is 30.3 Å². The van der Waals surface area contributed by atoms with Crippen molar-refractivity contribution in [3.8, 4) is 11.5 Å². The second kappa shape index (κ2) is 6.64. The molecule has 0 heterocycles. The van der Waals surface area contributed by atoms with Gasteiger partial charge in [-0.25, -0.2) is 0 Å². The van der Waals surface area contributed by atoms with Gasteiger partial charge in [0.25, 0.3) is 0 Å². The van der Waals surface area contributed by atoms with Crippen LogP contribution in [0.5, 0.6) is 11.5 Å². The average molecular weight is 293 g/mol. The third kappa shape index (κ3) is 3.44. The Morgan fingerprint density at radius 1 is 1.10 bits per heavy atom. The van der Waals surface area contributed by atoms with E-state index in [0.29, 0.717) is 11.4 Å². The van der Waals surface area contributed by atoms with Gasteiger partial charge in [-0.05, 0) is 41.5 Å². The summed E-state index contributed by atoms with van der Waals surface area (Å²) in [6.07, 6.45) is -0.214. The van der Waals surface area contributed by atoms with Crippen LogP contribution in [0.25, 0.3) is 0 Å². The molecule has 1 N–H and O–H groups in total. The highest BCUT2D eigenvalue weighted by Gasteiger charge is 2.13. The Balaban J connectivity index is 2.22. The average Bonchev–Trinajstić information content (AvgIpc) is 2.47. The first-order valence-corrected chi connectivity index (χ1v) is 6.66. The van der Waals surface area contributed by atoms with Crippen molar-refractivity contribution >= 4 is 11.6 Å². The summed E-state index contributed by atoms with van der Waals surface area (Å²) in [7, 11) is 3.20. The topological polar surface area (TPSA) is 38.7 Å². The van der Waals surface area contributed by atoms with E-state index in [9.17, 15) is 5.11 Å². The summed E-state index contributed by atoms with van der Waals surface area (Å²) in [5.74, 6) is 1.44. The van der Waals surface area contributed by atoms with Crippen LogP contribution in [0, 0.1) is 0 Å². The van der Waals surface area contributed by atoms with Gasteiger partial charge in [-0.15, -0.1) is 0 Å². The molecule has 20 heavy (non-hydrogen) atoms. The van der Waals surface area contributed by atoms with Crippen molar-refractivity contribution in [1.82, 2.24) is 0 Å². The Morgan fingerprint density at radius 2 is 1.90 bits per heavy atom. The molecular formula is C16H17ClO3. The molecule has 2 rings (SSSR count). The van der Waals surface area contributed by atoms with Gasteiger partial charge >= 0.3 is 0 Å². The molecule has 0 bridgehead atoms. The van der Waals surface area contributed by atoms with Crippen LogP contribution in [0.4, 0.5) is 0 Å². The summed E-state index contributed by atoms with van der Waals surface area (Å²) in [5.41, 5.74) is 1.67. The summed E-state index contributed by atoms with van der Waals surface area (Å²) in [4.78, 5) is 0. The second-order valence-electron chi connectivity index (χ2n) is 4.45. The van der Waals surface area contributed by atoms with Crippen molar-refractivity contribution < 1.29 is 14.6 Å². The van der Waals surface area contributed by atoms with E-state index in [1.165, 1.54) is 0 Å². The van der Waals surface area contributed by atoms with Gasteiger partial charge in [0.2, 0.25) is 0 Å². The van der Waals surface area contributed by atoms with Crippen LogP contribution >= 0.6 is 11.6 Å². The lowest BCUT2D eigenvalue weighted by Gasteiger charge is -2.15. The van der Waals surface area contributed by atoms with Gasteiger partial charge in [0, 0.05) is 11.4 Å². The highest BCUT2D eigenvalue weighted by molar-refractivity contribution is 6.30. The number of benzene rings is 2. The molecule has 0 saturated heterocycles. The maximum Gasteiger partial charge on any atom is 0.122 e. The Hall–Kier alpha value is -1.71. The van der Waals surface area contributed by atoms with Crippen LogP contribution in [0.2, 0.25) is 5.02 Å².